The fraction of sp³-hybridized carbons (Fsp3) is 0.133. The van der Waals surface area contributed by atoms with Crippen molar-refractivity contribution in [1.82, 2.24) is 14.9 Å². The van der Waals surface area contributed by atoms with E-state index >= 15 is 0 Å². The van der Waals surface area contributed by atoms with Gasteiger partial charge in [0.15, 0.2) is 5.82 Å². The van der Waals surface area contributed by atoms with Crippen LogP contribution in [0.4, 0.5) is 0 Å². The van der Waals surface area contributed by atoms with Crippen molar-refractivity contribution in [1.29, 1.82) is 0 Å². The average molecular weight is 330 g/mol. The molecule has 5 nitrogen and oxygen atoms in total. The number of benzene rings is 1. The van der Waals surface area contributed by atoms with Crippen molar-refractivity contribution in [2.24, 2.45) is 5.10 Å². The maximum absolute atomic E-state index is 5.42. The fourth-order valence-electron chi connectivity index (χ4n) is 1.91. The molecule has 0 amide bonds. The van der Waals surface area contributed by atoms with E-state index < -0.39 is 0 Å². The second-order valence-electron chi connectivity index (χ2n) is 4.39. The summed E-state index contributed by atoms with van der Waals surface area (Å²) in [6, 6.07) is 11.7. The third-order valence-electron chi connectivity index (χ3n) is 2.91. The molecule has 1 N–H and O–H groups in total. The van der Waals surface area contributed by atoms with Crippen molar-refractivity contribution in [2.45, 2.75) is 6.92 Å². The Balaban J connectivity index is 1.87. The molecule has 7 heteroatoms. The lowest BCUT2D eigenvalue weighted by Crippen LogP contribution is -1.94. The number of H-pyrrole nitrogens is 1. The zero-order chi connectivity index (χ0) is 15.4. The van der Waals surface area contributed by atoms with Gasteiger partial charge in [0.2, 0.25) is 4.77 Å². The van der Waals surface area contributed by atoms with E-state index in [1.165, 1.54) is 0 Å². The molecule has 0 aliphatic carbocycles. The number of aromatic nitrogens is 3. The van der Waals surface area contributed by atoms with E-state index in [4.69, 9.17) is 17.0 Å². The molecule has 0 bridgehead atoms. The van der Waals surface area contributed by atoms with Gasteiger partial charge in [-0.05, 0) is 60.4 Å². The maximum Gasteiger partial charge on any atom is 0.216 e. The minimum atomic E-state index is 0.464. The van der Waals surface area contributed by atoms with Gasteiger partial charge < -0.3 is 4.74 Å². The largest absolute Gasteiger partial charge is 0.494 e. The molecule has 0 radical (unpaired) electrons. The van der Waals surface area contributed by atoms with Crippen LogP contribution in [0.2, 0.25) is 0 Å². The lowest BCUT2D eigenvalue weighted by Gasteiger charge is -2.02. The Bertz CT molecular complexity index is 816. The van der Waals surface area contributed by atoms with Gasteiger partial charge in [-0.1, -0.05) is 6.07 Å². The van der Waals surface area contributed by atoms with Crippen molar-refractivity contribution < 1.29 is 4.74 Å². The number of rotatable bonds is 5. The number of nitrogens with one attached hydrogen (secondary N) is 1. The molecular weight excluding hydrogens is 316 g/mol. The summed E-state index contributed by atoms with van der Waals surface area (Å²) in [4.78, 5) is 1.01. The van der Waals surface area contributed by atoms with Crippen LogP contribution in [0, 0.1) is 4.77 Å². The van der Waals surface area contributed by atoms with Crippen molar-refractivity contribution >= 4 is 29.8 Å². The van der Waals surface area contributed by atoms with Crippen LogP contribution in [0.1, 0.15) is 12.5 Å². The smallest absolute Gasteiger partial charge is 0.216 e. The molecule has 0 spiro atoms. The molecule has 0 fully saturated rings. The number of nitrogens with zero attached hydrogens (tertiary/aromatic N) is 3. The topological polar surface area (TPSA) is 55.2 Å². The summed E-state index contributed by atoms with van der Waals surface area (Å²) in [6.07, 6.45) is 1.75. The standard InChI is InChI=1S/C15H14N4OS2/c1-2-20-12-7-5-11(6-8-12)10-16-19-14(17-18-15(19)21)13-4-3-9-22-13/h3-10H,2H2,1H3,(H,18,21)/b16-10-. The van der Waals surface area contributed by atoms with Gasteiger partial charge in [-0.2, -0.15) is 14.9 Å². The van der Waals surface area contributed by atoms with E-state index in [-0.39, 0.29) is 0 Å². The molecule has 0 unspecified atom stereocenters. The van der Waals surface area contributed by atoms with Crippen LogP contribution in [-0.4, -0.2) is 27.7 Å². The number of ether oxygens (including phenoxy) is 1. The summed E-state index contributed by atoms with van der Waals surface area (Å²) in [5.41, 5.74) is 0.962. The Morgan fingerprint density at radius 2 is 2.18 bits per heavy atom. The average Bonchev–Trinajstić information content (AvgIpc) is 3.17. The molecule has 0 atom stereocenters. The van der Waals surface area contributed by atoms with Crippen molar-refractivity contribution in [2.75, 3.05) is 6.61 Å². The molecule has 1 aromatic carbocycles. The number of aromatic amines is 1. The summed E-state index contributed by atoms with van der Waals surface area (Å²) in [5, 5.41) is 13.4. The summed E-state index contributed by atoms with van der Waals surface area (Å²) >= 11 is 6.83. The highest BCUT2D eigenvalue weighted by Crippen LogP contribution is 2.22. The van der Waals surface area contributed by atoms with Crippen molar-refractivity contribution in [3.8, 4) is 16.5 Å². The molecule has 112 valence electrons. The van der Waals surface area contributed by atoms with Gasteiger partial charge in [0.05, 0.1) is 17.7 Å². The maximum atomic E-state index is 5.42. The van der Waals surface area contributed by atoms with Crippen LogP contribution in [0.25, 0.3) is 10.7 Å². The van der Waals surface area contributed by atoms with E-state index in [1.807, 2.05) is 48.7 Å². The van der Waals surface area contributed by atoms with Gasteiger partial charge in [-0.15, -0.1) is 11.3 Å². The number of hydrogen-bond donors (Lipinski definition) is 1. The first-order valence-corrected chi connectivity index (χ1v) is 8.05. The monoisotopic (exact) mass is 330 g/mol. The van der Waals surface area contributed by atoms with E-state index in [1.54, 1.807) is 22.2 Å². The van der Waals surface area contributed by atoms with Crippen LogP contribution in [-0.2, 0) is 0 Å². The summed E-state index contributed by atoms with van der Waals surface area (Å²) < 4.78 is 7.50. The third kappa shape index (κ3) is 3.15. The summed E-state index contributed by atoms with van der Waals surface area (Å²) in [5.74, 6) is 1.56. The number of hydrogen-bond acceptors (Lipinski definition) is 5. The van der Waals surface area contributed by atoms with Gasteiger partial charge in [0.1, 0.15) is 5.75 Å². The molecule has 22 heavy (non-hydrogen) atoms. The van der Waals surface area contributed by atoms with Gasteiger partial charge in [0.25, 0.3) is 0 Å². The van der Waals surface area contributed by atoms with E-state index in [9.17, 15) is 0 Å². The molecule has 2 heterocycles. The molecule has 3 rings (SSSR count). The summed E-state index contributed by atoms with van der Waals surface area (Å²) in [7, 11) is 0. The first kappa shape index (κ1) is 14.7. The molecule has 2 aromatic heterocycles. The van der Waals surface area contributed by atoms with E-state index in [0.29, 0.717) is 17.2 Å². The number of thiophene rings is 1. The molecule has 0 saturated heterocycles. The van der Waals surface area contributed by atoms with Gasteiger partial charge >= 0.3 is 0 Å². The highest BCUT2D eigenvalue weighted by atomic mass is 32.1. The Morgan fingerprint density at radius 3 is 2.86 bits per heavy atom. The Kier molecular flexibility index (Phi) is 4.45. The van der Waals surface area contributed by atoms with Gasteiger partial charge in [0, 0.05) is 0 Å². The predicted molar refractivity (Wildman–Crippen MR) is 91.3 cm³/mol. The zero-order valence-corrected chi connectivity index (χ0v) is 13.5. The van der Waals surface area contributed by atoms with Gasteiger partial charge in [-0.3, -0.25) is 0 Å². The molecular formula is C15H14N4OS2. The molecule has 0 aliphatic heterocycles. The van der Waals surface area contributed by atoms with Crippen LogP contribution in [0.15, 0.2) is 46.9 Å². The zero-order valence-electron chi connectivity index (χ0n) is 11.9. The van der Waals surface area contributed by atoms with Crippen LogP contribution < -0.4 is 4.74 Å². The fourth-order valence-corrected chi connectivity index (χ4v) is 2.78. The second kappa shape index (κ2) is 6.67. The molecule has 0 aliphatic rings. The summed E-state index contributed by atoms with van der Waals surface area (Å²) in [6.45, 7) is 2.61. The Morgan fingerprint density at radius 1 is 1.36 bits per heavy atom. The van der Waals surface area contributed by atoms with Crippen LogP contribution in [0.3, 0.4) is 0 Å². The van der Waals surface area contributed by atoms with Crippen LogP contribution >= 0.6 is 23.6 Å². The van der Waals surface area contributed by atoms with Crippen molar-refractivity contribution in [3.63, 3.8) is 0 Å². The highest BCUT2D eigenvalue weighted by Gasteiger charge is 2.08. The minimum absolute atomic E-state index is 0.464. The SMILES string of the molecule is CCOc1ccc(/C=N\n2c(-c3cccs3)n[nH]c2=S)cc1. The third-order valence-corrected chi connectivity index (χ3v) is 4.04. The lowest BCUT2D eigenvalue weighted by molar-refractivity contribution is 0.340. The van der Waals surface area contributed by atoms with Crippen LogP contribution in [0.5, 0.6) is 5.75 Å². The normalized spacial score (nSPS) is 11.1. The highest BCUT2D eigenvalue weighted by molar-refractivity contribution is 7.71. The lowest BCUT2D eigenvalue weighted by atomic mass is 10.2. The van der Waals surface area contributed by atoms with Gasteiger partial charge in [-0.25, -0.2) is 5.10 Å². The quantitative estimate of drug-likeness (QED) is 0.569. The van der Waals surface area contributed by atoms with E-state index in [2.05, 4.69) is 15.3 Å². The Labute approximate surface area is 136 Å². The predicted octanol–water partition coefficient (Wildman–Crippen LogP) is 3.95. The Hall–Kier alpha value is -2.25. The first-order chi connectivity index (χ1) is 10.8. The minimum Gasteiger partial charge on any atom is -0.494 e. The first-order valence-electron chi connectivity index (χ1n) is 6.76. The second-order valence-corrected chi connectivity index (χ2v) is 5.72. The molecule has 3 aromatic rings. The van der Waals surface area contributed by atoms with Crippen molar-refractivity contribution in [3.05, 3.63) is 52.1 Å². The molecule has 0 saturated carbocycles. The van der Waals surface area contributed by atoms with E-state index in [0.717, 1.165) is 16.2 Å².